The zero-order valence-corrected chi connectivity index (χ0v) is 15.3. The molecule has 1 saturated heterocycles. The largest absolute Gasteiger partial charge is 0.379 e. The smallest absolute Gasteiger partial charge is 0.240 e. The van der Waals surface area contributed by atoms with Gasteiger partial charge in [0, 0.05) is 30.0 Å². The highest BCUT2D eigenvalue weighted by atomic mass is 35.5. The number of rotatable bonds is 6. The molecule has 0 radical (unpaired) electrons. The van der Waals surface area contributed by atoms with E-state index in [9.17, 15) is 8.42 Å². The van der Waals surface area contributed by atoms with Crippen molar-refractivity contribution in [3.8, 4) is 0 Å². The van der Waals surface area contributed by atoms with E-state index in [4.69, 9.17) is 16.3 Å². The lowest BCUT2D eigenvalue weighted by Gasteiger charge is -2.25. The average Bonchev–Trinajstić information content (AvgIpc) is 3.02. The van der Waals surface area contributed by atoms with Crippen molar-refractivity contribution < 1.29 is 13.2 Å². The first-order valence-electron chi connectivity index (χ1n) is 7.51. The summed E-state index contributed by atoms with van der Waals surface area (Å²) in [5.74, 6) is 0. The highest BCUT2D eigenvalue weighted by Gasteiger charge is 2.16. The van der Waals surface area contributed by atoms with Crippen molar-refractivity contribution in [2.75, 3.05) is 26.3 Å². The average molecular weight is 388 g/mol. The fourth-order valence-electron chi connectivity index (χ4n) is 2.34. The van der Waals surface area contributed by atoms with Crippen molar-refractivity contribution in [3.63, 3.8) is 0 Å². The molecule has 0 aliphatic carbocycles. The molecule has 3 rings (SSSR count). The quantitative estimate of drug-likeness (QED) is 0.821. The first-order chi connectivity index (χ1) is 11.5. The number of sulfonamides is 1. The third-order valence-corrected chi connectivity index (χ3v) is 6.19. The van der Waals surface area contributed by atoms with Crippen molar-refractivity contribution >= 4 is 33.0 Å². The Morgan fingerprint density at radius 1 is 1.25 bits per heavy atom. The summed E-state index contributed by atoms with van der Waals surface area (Å²) in [6, 6.07) is 6.08. The van der Waals surface area contributed by atoms with E-state index in [0.717, 1.165) is 43.5 Å². The monoisotopic (exact) mass is 387 g/mol. The summed E-state index contributed by atoms with van der Waals surface area (Å²) >= 11 is 7.24. The number of benzene rings is 1. The van der Waals surface area contributed by atoms with Gasteiger partial charge in [-0.05, 0) is 24.3 Å². The number of halogens is 1. The Morgan fingerprint density at radius 3 is 2.67 bits per heavy atom. The van der Waals surface area contributed by atoms with Gasteiger partial charge in [0.05, 0.1) is 30.3 Å². The van der Waals surface area contributed by atoms with Crippen molar-refractivity contribution in [2.24, 2.45) is 0 Å². The van der Waals surface area contributed by atoms with Crippen LogP contribution in [0.1, 0.15) is 10.7 Å². The Bertz CT molecular complexity index is 772. The molecule has 2 aromatic rings. The van der Waals surface area contributed by atoms with Gasteiger partial charge in [0.15, 0.2) is 0 Å². The fourth-order valence-corrected chi connectivity index (χ4v) is 4.27. The maximum absolute atomic E-state index is 12.2. The lowest BCUT2D eigenvalue weighted by molar-refractivity contribution is 0.0337. The molecule has 0 saturated carbocycles. The molecule has 9 heteroatoms. The lowest BCUT2D eigenvalue weighted by Crippen LogP contribution is -2.35. The van der Waals surface area contributed by atoms with Gasteiger partial charge in [0.25, 0.3) is 0 Å². The molecule has 1 aliphatic heterocycles. The Hall–Kier alpha value is -1.03. The minimum Gasteiger partial charge on any atom is -0.379 e. The number of nitrogens with one attached hydrogen (secondary N) is 1. The van der Waals surface area contributed by atoms with Gasteiger partial charge in [-0.2, -0.15) is 0 Å². The molecule has 1 N–H and O–H groups in total. The molecule has 0 amide bonds. The van der Waals surface area contributed by atoms with Gasteiger partial charge in [-0.3, -0.25) is 4.90 Å². The van der Waals surface area contributed by atoms with Crippen molar-refractivity contribution in [3.05, 3.63) is 45.4 Å². The molecule has 2 heterocycles. The molecule has 1 aliphatic rings. The second-order valence-electron chi connectivity index (χ2n) is 5.40. The van der Waals surface area contributed by atoms with Crippen LogP contribution in [0.5, 0.6) is 0 Å². The topological polar surface area (TPSA) is 71.5 Å². The van der Waals surface area contributed by atoms with Gasteiger partial charge in [-0.15, -0.1) is 11.3 Å². The number of morpholine rings is 1. The number of ether oxygens (including phenoxy) is 1. The number of thiazole rings is 1. The zero-order chi connectivity index (χ0) is 17.0. The minimum atomic E-state index is -3.56. The molecule has 0 bridgehead atoms. The summed E-state index contributed by atoms with van der Waals surface area (Å²) in [6.07, 6.45) is 0. The first kappa shape index (κ1) is 17.8. The van der Waals surface area contributed by atoms with Gasteiger partial charge in [0.2, 0.25) is 10.0 Å². The van der Waals surface area contributed by atoms with Crippen LogP contribution in [-0.2, 0) is 27.8 Å². The van der Waals surface area contributed by atoms with E-state index in [1.54, 1.807) is 12.1 Å². The van der Waals surface area contributed by atoms with Gasteiger partial charge >= 0.3 is 0 Å². The van der Waals surface area contributed by atoms with Crippen LogP contribution >= 0.6 is 22.9 Å². The van der Waals surface area contributed by atoms with Crippen LogP contribution in [0, 0.1) is 0 Å². The van der Waals surface area contributed by atoms with Crippen LogP contribution in [-0.4, -0.2) is 44.6 Å². The fraction of sp³-hybridized carbons (Fsp3) is 0.400. The highest BCUT2D eigenvalue weighted by Crippen LogP contribution is 2.16. The molecule has 24 heavy (non-hydrogen) atoms. The molecular weight excluding hydrogens is 370 g/mol. The molecular formula is C15H18ClN3O3S2. The van der Waals surface area contributed by atoms with Gasteiger partial charge in [0.1, 0.15) is 5.01 Å². The molecule has 130 valence electrons. The predicted molar refractivity (Wildman–Crippen MR) is 93.7 cm³/mol. The summed E-state index contributed by atoms with van der Waals surface area (Å²) < 4.78 is 32.4. The van der Waals surface area contributed by atoms with E-state index >= 15 is 0 Å². The maximum atomic E-state index is 12.2. The van der Waals surface area contributed by atoms with Crippen molar-refractivity contribution in [2.45, 2.75) is 18.0 Å². The second kappa shape index (κ2) is 7.90. The van der Waals surface area contributed by atoms with E-state index in [0.29, 0.717) is 5.02 Å². The summed E-state index contributed by atoms with van der Waals surface area (Å²) in [4.78, 5) is 6.97. The summed E-state index contributed by atoms with van der Waals surface area (Å²) in [5, 5.41) is 3.22. The van der Waals surface area contributed by atoms with Crippen LogP contribution in [0.2, 0.25) is 5.02 Å². The van der Waals surface area contributed by atoms with E-state index < -0.39 is 10.0 Å². The van der Waals surface area contributed by atoms with Gasteiger partial charge in [-0.25, -0.2) is 18.1 Å². The van der Waals surface area contributed by atoms with Crippen molar-refractivity contribution in [1.29, 1.82) is 0 Å². The Kier molecular flexibility index (Phi) is 5.85. The SMILES string of the molecule is O=S(=O)(NCc1nc(CN2CCOCC2)cs1)c1ccc(Cl)cc1. The number of aromatic nitrogens is 1. The normalized spacial score (nSPS) is 16.4. The Balaban J connectivity index is 1.57. The minimum absolute atomic E-state index is 0.179. The highest BCUT2D eigenvalue weighted by molar-refractivity contribution is 7.89. The predicted octanol–water partition coefficient (Wildman–Crippen LogP) is 2.11. The number of nitrogens with zero attached hydrogens (tertiary/aromatic N) is 2. The van der Waals surface area contributed by atoms with E-state index in [1.165, 1.54) is 23.5 Å². The lowest BCUT2D eigenvalue weighted by atomic mass is 10.3. The van der Waals surface area contributed by atoms with E-state index in [-0.39, 0.29) is 11.4 Å². The molecule has 1 aromatic carbocycles. The number of hydrogen-bond donors (Lipinski definition) is 1. The zero-order valence-electron chi connectivity index (χ0n) is 12.9. The third kappa shape index (κ3) is 4.75. The maximum Gasteiger partial charge on any atom is 0.240 e. The standard InChI is InChI=1S/C15H18ClN3O3S2/c16-12-1-3-14(4-2-12)24(20,21)17-9-15-18-13(11-23-15)10-19-5-7-22-8-6-19/h1-4,11,17H,5-10H2. The van der Waals surface area contributed by atoms with Crippen molar-refractivity contribution in [1.82, 2.24) is 14.6 Å². The second-order valence-corrected chi connectivity index (χ2v) is 8.55. The van der Waals surface area contributed by atoms with Gasteiger partial charge < -0.3 is 4.74 Å². The van der Waals surface area contributed by atoms with Crippen LogP contribution in [0.15, 0.2) is 34.5 Å². The molecule has 6 nitrogen and oxygen atoms in total. The van der Waals surface area contributed by atoms with Crippen LogP contribution < -0.4 is 4.72 Å². The Morgan fingerprint density at radius 2 is 1.96 bits per heavy atom. The van der Waals surface area contributed by atoms with E-state index in [2.05, 4.69) is 14.6 Å². The summed E-state index contributed by atoms with van der Waals surface area (Å²) in [6.45, 7) is 4.24. The third-order valence-electron chi connectivity index (χ3n) is 3.63. The summed E-state index contributed by atoms with van der Waals surface area (Å²) in [7, 11) is -3.56. The number of hydrogen-bond acceptors (Lipinski definition) is 6. The van der Waals surface area contributed by atoms with Gasteiger partial charge in [-0.1, -0.05) is 11.6 Å². The molecule has 0 atom stereocenters. The van der Waals surface area contributed by atoms with Crippen LogP contribution in [0.4, 0.5) is 0 Å². The first-order valence-corrected chi connectivity index (χ1v) is 10.3. The Labute approximate surface area is 150 Å². The van der Waals surface area contributed by atoms with Crippen LogP contribution in [0.3, 0.4) is 0 Å². The molecule has 1 aromatic heterocycles. The van der Waals surface area contributed by atoms with E-state index in [1.807, 2.05) is 5.38 Å². The van der Waals surface area contributed by atoms with Crippen LogP contribution in [0.25, 0.3) is 0 Å². The summed E-state index contributed by atoms with van der Waals surface area (Å²) in [5.41, 5.74) is 0.961. The molecule has 0 spiro atoms. The molecule has 1 fully saturated rings. The molecule has 0 unspecified atom stereocenters.